The molecule has 14 heavy (non-hydrogen) atoms. The lowest BCUT2D eigenvalue weighted by molar-refractivity contribution is -0.128. The molecule has 1 atom stereocenters. The van der Waals surface area contributed by atoms with Crippen LogP contribution < -0.4 is 5.73 Å². The minimum absolute atomic E-state index is 0.298. The molecular formula is C11H22N2O. The standard InChI is InChI=1S/C11H22N2O/c1-3-9(4-2)7-13-8-10(6-12)5-11(13)14/h9-10H,3-8,12H2,1-2H3. The molecule has 1 heterocycles. The molecule has 0 aromatic heterocycles. The molecule has 1 aliphatic rings. The first-order valence-electron chi connectivity index (χ1n) is 5.69. The topological polar surface area (TPSA) is 46.3 Å². The van der Waals surface area contributed by atoms with Crippen LogP contribution in [0.15, 0.2) is 0 Å². The fourth-order valence-corrected chi connectivity index (χ4v) is 2.05. The van der Waals surface area contributed by atoms with Gasteiger partial charge in [0.25, 0.3) is 0 Å². The predicted octanol–water partition coefficient (Wildman–Crippen LogP) is 1.23. The molecule has 0 bridgehead atoms. The number of amides is 1. The van der Waals surface area contributed by atoms with Crippen LogP contribution in [0, 0.1) is 11.8 Å². The first-order chi connectivity index (χ1) is 6.71. The van der Waals surface area contributed by atoms with Crippen LogP contribution in [-0.4, -0.2) is 30.4 Å². The van der Waals surface area contributed by atoms with E-state index in [0.29, 0.717) is 30.7 Å². The van der Waals surface area contributed by atoms with Crippen molar-refractivity contribution < 1.29 is 4.79 Å². The highest BCUT2D eigenvalue weighted by Crippen LogP contribution is 2.19. The molecule has 0 aliphatic carbocycles. The van der Waals surface area contributed by atoms with Crippen molar-refractivity contribution in [3.05, 3.63) is 0 Å². The van der Waals surface area contributed by atoms with Gasteiger partial charge in [-0.05, 0) is 18.4 Å². The van der Waals surface area contributed by atoms with Crippen molar-refractivity contribution >= 4 is 5.91 Å². The van der Waals surface area contributed by atoms with Crippen molar-refractivity contribution in [3.8, 4) is 0 Å². The molecule has 3 nitrogen and oxygen atoms in total. The van der Waals surface area contributed by atoms with Crippen molar-refractivity contribution in [1.29, 1.82) is 0 Å². The SMILES string of the molecule is CCC(CC)CN1CC(CN)CC1=O. The van der Waals surface area contributed by atoms with Gasteiger partial charge in [-0.15, -0.1) is 0 Å². The van der Waals surface area contributed by atoms with Crippen LogP contribution in [0.1, 0.15) is 33.1 Å². The zero-order valence-corrected chi connectivity index (χ0v) is 9.33. The Kier molecular flexibility index (Phi) is 4.39. The van der Waals surface area contributed by atoms with Gasteiger partial charge >= 0.3 is 0 Å². The van der Waals surface area contributed by atoms with Crippen LogP contribution in [0.4, 0.5) is 0 Å². The van der Waals surface area contributed by atoms with Crippen LogP contribution in [0.2, 0.25) is 0 Å². The van der Waals surface area contributed by atoms with Crippen molar-refractivity contribution in [1.82, 2.24) is 4.90 Å². The molecule has 0 aromatic rings. The van der Waals surface area contributed by atoms with Crippen molar-refractivity contribution in [2.45, 2.75) is 33.1 Å². The molecule has 0 spiro atoms. The molecule has 1 aliphatic heterocycles. The summed E-state index contributed by atoms with van der Waals surface area (Å²) in [5.74, 6) is 1.36. The van der Waals surface area contributed by atoms with Gasteiger partial charge in [0, 0.05) is 19.5 Å². The van der Waals surface area contributed by atoms with Gasteiger partial charge in [-0.3, -0.25) is 4.79 Å². The summed E-state index contributed by atoms with van der Waals surface area (Å²) in [6.07, 6.45) is 2.98. The van der Waals surface area contributed by atoms with E-state index in [2.05, 4.69) is 13.8 Å². The number of nitrogens with two attached hydrogens (primary N) is 1. The highest BCUT2D eigenvalue weighted by molar-refractivity contribution is 5.78. The van der Waals surface area contributed by atoms with Gasteiger partial charge in [0.1, 0.15) is 0 Å². The summed E-state index contributed by atoms with van der Waals surface area (Å²) < 4.78 is 0. The summed E-state index contributed by atoms with van der Waals surface area (Å²) >= 11 is 0. The first-order valence-corrected chi connectivity index (χ1v) is 5.69. The smallest absolute Gasteiger partial charge is 0.222 e. The Hall–Kier alpha value is -0.570. The molecule has 0 saturated carbocycles. The van der Waals surface area contributed by atoms with Crippen LogP contribution in [-0.2, 0) is 4.79 Å². The zero-order valence-electron chi connectivity index (χ0n) is 9.33. The number of carbonyl (C=O) groups excluding carboxylic acids is 1. The van der Waals surface area contributed by atoms with E-state index in [4.69, 9.17) is 5.73 Å². The Morgan fingerprint density at radius 3 is 2.57 bits per heavy atom. The number of rotatable bonds is 5. The van der Waals surface area contributed by atoms with Gasteiger partial charge in [0.2, 0.25) is 5.91 Å². The Bertz CT molecular complexity index is 190. The minimum Gasteiger partial charge on any atom is -0.342 e. The van der Waals surface area contributed by atoms with E-state index in [9.17, 15) is 4.79 Å². The van der Waals surface area contributed by atoms with Gasteiger partial charge in [0.15, 0.2) is 0 Å². The quantitative estimate of drug-likeness (QED) is 0.722. The van der Waals surface area contributed by atoms with E-state index in [0.717, 1.165) is 25.9 Å². The average Bonchev–Trinajstić information content (AvgIpc) is 2.56. The number of likely N-dealkylation sites (tertiary alicyclic amines) is 1. The van der Waals surface area contributed by atoms with Gasteiger partial charge in [-0.2, -0.15) is 0 Å². The second-order valence-electron chi connectivity index (χ2n) is 4.29. The average molecular weight is 198 g/mol. The third-order valence-electron chi connectivity index (χ3n) is 3.26. The summed E-state index contributed by atoms with van der Waals surface area (Å²) in [6.45, 7) is 6.84. The van der Waals surface area contributed by atoms with Crippen LogP contribution in [0.25, 0.3) is 0 Å². The Labute approximate surface area is 86.6 Å². The number of nitrogens with zero attached hydrogens (tertiary/aromatic N) is 1. The monoisotopic (exact) mass is 198 g/mol. The molecule has 1 amide bonds. The highest BCUT2D eigenvalue weighted by Gasteiger charge is 2.29. The van der Waals surface area contributed by atoms with Gasteiger partial charge in [-0.1, -0.05) is 26.7 Å². The lowest BCUT2D eigenvalue weighted by Crippen LogP contribution is -2.31. The second kappa shape index (κ2) is 5.35. The minimum atomic E-state index is 0.298. The van der Waals surface area contributed by atoms with Gasteiger partial charge in [-0.25, -0.2) is 0 Å². The fourth-order valence-electron chi connectivity index (χ4n) is 2.05. The van der Waals surface area contributed by atoms with Gasteiger partial charge in [0.05, 0.1) is 0 Å². The molecule has 82 valence electrons. The number of hydrogen-bond donors (Lipinski definition) is 1. The van der Waals surface area contributed by atoms with Gasteiger partial charge < -0.3 is 10.6 Å². The Morgan fingerprint density at radius 1 is 1.50 bits per heavy atom. The molecule has 1 unspecified atom stereocenters. The van der Waals surface area contributed by atoms with Crippen LogP contribution in [0.3, 0.4) is 0 Å². The lowest BCUT2D eigenvalue weighted by atomic mass is 10.0. The summed E-state index contributed by atoms with van der Waals surface area (Å²) in [7, 11) is 0. The van der Waals surface area contributed by atoms with Crippen molar-refractivity contribution in [3.63, 3.8) is 0 Å². The molecule has 1 saturated heterocycles. The maximum atomic E-state index is 11.6. The van der Waals surface area contributed by atoms with Crippen LogP contribution in [0.5, 0.6) is 0 Å². The molecule has 0 aromatic carbocycles. The van der Waals surface area contributed by atoms with Crippen molar-refractivity contribution in [2.24, 2.45) is 17.6 Å². The summed E-state index contributed by atoms with van der Waals surface area (Å²) in [6, 6.07) is 0. The van der Waals surface area contributed by atoms with Crippen molar-refractivity contribution in [2.75, 3.05) is 19.6 Å². The highest BCUT2D eigenvalue weighted by atomic mass is 16.2. The van der Waals surface area contributed by atoms with E-state index >= 15 is 0 Å². The van der Waals surface area contributed by atoms with E-state index in [-0.39, 0.29) is 0 Å². The third-order valence-corrected chi connectivity index (χ3v) is 3.26. The maximum Gasteiger partial charge on any atom is 0.222 e. The molecular weight excluding hydrogens is 176 g/mol. The Morgan fingerprint density at radius 2 is 2.14 bits per heavy atom. The second-order valence-corrected chi connectivity index (χ2v) is 4.29. The van der Waals surface area contributed by atoms with E-state index in [1.165, 1.54) is 0 Å². The van der Waals surface area contributed by atoms with Crippen LogP contribution >= 0.6 is 0 Å². The normalized spacial score (nSPS) is 22.4. The van der Waals surface area contributed by atoms with E-state index in [1.807, 2.05) is 4.90 Å². The maximum absolute atomic E-state index is 11.6. The Balaban J connectivity index is 2.41. The summed E-state index contributed by atoms with van der Waals surface area (Å²) in [5, 5.41) is 0. The fraction of sp³-hybridized carbons (Fsp3) is 0.909. The molecule has 0 radical (unpaired) electrons. The molecule has 1 rings (SSSR count). The predicted molar refractivity (Wildman–Crippen MR) is 57.8 cm³/mol. The summed E-state index contributed by atoms with van der Waals surface area (Å²) in [5.41, 5.74) is 5.58. The summed E-state index contributed by atoms with van der Waals surface area (Å²) in [4.78, 5) is 13.6. The first kappa shape index (κ1) is 11.5. The third kappa shape index (κ3) is 2.71. The largest absolute Gasteiger partial charge is 0.342 e. The molecule has 1 fully saturated rings. The molecule has 2 N–H and O–H groups in total. The molecule has 3 heteroatoms. The number of hydrogen-bond acceptors (Lipinski definition) is 2. The number of carbonyl (C=O) groups is 1. The lowest BCUT2D eigenvalue weighted by Gasteiger charge is -2.22. The zero-order chi connectivity index (χ0) is 10.6. The van der Waals surface area contributed by atoms with E-state index in [1.54, 1.807) is 0 Å². The van der Waals surface area contributed by atoms with E-state index < -0.39 is 0 Å².